The first-order valence-corrected chi connectivity index (χ1v) is 7.27. The van der Waals surface area contributed by atoms with Crippen molar-refractivity contribution >= 4 is 9.04 Å². The molecule has 76 valence electrons. The van der Waals surface area contributed by atoms with Gasteiger partial charge in [0, 0.05) is 0 Å². The van der Waals surface area contributed by atoms with Gasteiger partial charge in [-0.25, -0.2) is 0 Å². The van der Waals surface area contributed by atoms with E-state index < -0.39 is 9.04 Å². The molecule has 1 rings (SSSR count). The first kappa shape index (κ1) is 11.0. The smallest absolute Gasteiger partial charge is 0.181 e. The highest BCUT2D eigenvalue weighted by molar-refractivity contribution is 6.54. The van der Waals surface area contributed by atoms with Crippen molar-refractivity contribution in [2.75, 3.05) is 0 Å². The molecule has 0 radical (unpaired) electrons. The van der Waals surface area contributed by atoms with E-state index in [0.717, 1.165) is 6.04 Å². The second kappa shape index (κ2) is 4.42. The summed E-state index contributed by atoms with van der Waals surface area (Å²) in [5.74, 6) is 0. The Morgan fingerprint density at radius 2 is 2.08 bits per heavy atom. The molecule has 0 spiro atoms. The van der Waals surface area contributed by atoms with E-state index in [0.29, 0.717) is 0 Å². The second-order valence-corrected chi connectivity index (χ2v) is 8.37. The molecule has 0 saturated heterocycles. The molecule has 0 aromatic rings. The Morgan fingerprint density at radius 3 is 2.54 bits per heavy atom. The predicted octanol–water partition coefficient (Wildman–Crippen LogP) is 3.00. The minimum absolute atomic E-state index is 0.165. The molecule has 0 saturated carbocycles. The molecule has 0 bridgehead atoms. The van der Waals surface area contributed by atoms with Crippen LogP contribution in [0.4, 0.5) is 0 Å². The van der Waals surface area contributed by atoms with Gasteiger partial charge in [-0.15, -0.1) is 0 Å². The van der Waals surface area contributed by atoms with Gasteiger partial charge in [-0.3, -0.25) is 0 Å². The summed E-state index contributed by atoms with van der Waals surface area (Å²) in [7, 11) is -1.53. The average molecular weight is 198 g/mol. The largest absolute Gasteiger partial charge is 0.434 e. The number of allylic oxidation sites excluding steroid dienone is 2. The summed E-state index contributed by atoms with van der Waals surface area (Å²) < 4.78 is 0. The van der Waals surface area contributed by atoms with Crippen molar-refractivity contribution in [3.05, 3.63) is 11.6 Å². The molecule has 0 amide bonds. The fourth-order valence-corrected chi connectivity index (χ4v) is 3.12. The van der Waals surface area contributed by atoms with Crippen molar-refractivity contribution in [3.63, 3.8) is 0 Å². The fraction of sp³-hybridized carbons (Fsp3) is 0.818. The zero-order chi connectivity index (χ0) is 9.90. The minimum Gasteiger partial charge on any atom is -0.434 e. The maximum Gasteiger partial charge on any atom is 0.181 e. The molecule has 1 atom stereocenters. The van der Waals surface area contributed by atoms with Crippen LogP contribution in [0.5, 0.6) is 0 Å². The lowest BCUT2D eigenvalue weighted by Gasteiger charge is -2.25. The Kier molecular flexibility index (Phi) is 3.74. The zero-order valence-electron chi connectivity index (χ0n) is 9.14. The molecule has 13 heavy (non-hydrogen) atoms. The predicted molar refractivity (Wildman–Crippen MR) is 60.4 cm³/mol. The molecule has 2 heteroatoms. The van der Waals surface area contributed by atoms with Crippen LogP contribution in [-0.4, -0.2) is 13.8 Å². The van der Waals surface area contributed by atoms with Gasteiger partial charge in [0.2, 0.25) is 0 Å². The highest BCUT2D eigenvalue weighted by atomic mass is 28.3. The molecule has 0 heterocycles. The third-order valence-corrected chi connectivity index (χ3v) is 5.75. The third kappa shape index (κ3) is 3.65. The Labute approximate surface area is 83.6 Å². The van der Waals surface area contributed by atoms with Gasteiger partial charge in [-0.1, -0.05) is 32.4 Å². The van der Waals surface area contributed by atoms with Crippen LogP contribution in [0, 0.1) is 0 Å². The maximum absolute atomic E-state index is 10.0. The van der Waals surface area contributed by atoms with E-state index in [1.165, 1.54) is 31.3 Å². The number of rotatable bonds is 2. The summed E-state index contributed by atoms with van der Waals surface area (Å²) in [6, 6.07) is 1.02. The summed E-state index contributed by atoms with van der Waals surface area (Å²) in [5, 5.41) is 0.165. The van der Waals surface area contributed by atoms with Gasteiger partial charge in [0.1, 0.15) is 0 Å². The Hall–Kier alpha value is -0.0831. The number of hydrogen-bond acceptors (Lipinski definition) is 1. The molecule has 1 aliphatic rings. The van der Waals surface area contributed by atoms with Crippen molar-refractivity contribution in [2.45, 2.75) is 57.5 Å². The molecule has 0 fully saturated rings. The zero-order valence-corrected chi connectivity index (χ0v) is 10.3. The van der Waals surface area contributed by atoms with Crippen molar-refractivity contribution in [2.24, 2.45) is 0 Å². The van der Waals surface area contributed by atoms with Crippen molar-refractivity contribution in [3.8, 4) is 0 Å². The number of hydrogen-bond donors (Lipinski definition) is 1. The van der Waals surface area contributed by atoms with Gasteiger partial charge in [-0.05, 0) is 36.8 Å². The van der Waals surface area contributed by atoms with E-state index >= 15 is 0 Å². The quantitative estimate of drug-likeness (QED) is 0.534. The highest BCUT2D eigenvalue weighted by Crippen LogP contribution is 2.31. The maximum atomic E-state index is 10.0. The first-order valence-electron chi connectivity index (χ1n) is 5.36. The topological polar surface area (TPSA) is 20.2 Å². The normalized spacial score (nSPS) is 21.1. The molecule has 0 aromatic heterocycles. The SMILES string of the molecule is CC(C)(C)[SiH](O)CC1=CCCCC1. The van der Waals surface area contributed by atoms with Crippen LogP contribution in [-0.2, 0) is 0 Å². The molecule has 1 nitrogen and oxygen atoms in total. The van der Waals surface area contributed by atoms with Gasteiger partial charge in [0.05, 0.1) is 0 Å². The van der Waals surface area contributed by atoms with Crippen LogP contribution in [0.15, 0.2) is 11.6 Å². The standard InChI is InChI=1S/C11H22OSi/c1-11(2,3)13(12)9-10-7-5-4-6-8-10/h7,12-13H,4-6,8-9H2,1-3H3. The minimum atomic E-state index is -1.53. The monoisotopic (exact) mass is 198 g/mol. The molecular formula is C11H22OSi. The van der Waals surface area contributed by atoms with Gasteiger partial charge < -0.3 is 4.80 Å². The molecular weight excluding hydrogens is 176 g/mol. The summed E-state index contributed by atoms with van der Waals surface area (Å²) in [6.07, 6.45) is 7.50. The average Bonchev–Trinajstić information content (AvgIpc) is 2.04. The third-order valence-electron chi connectivity index (χ3n) is 2.84. The summed E-state index contributed by atoms with van der Waals surface area (Å²) in [5.41, 5.74) is 1.53. The first-order chi connectivity index (χ1) is 6.00. The van der Waals surface area contributed by atoms with E-state index in [4.69, 9.17) is 0 Å². The summed E-state index contributed by atoms with van der Waals surface area (Å²) >= 11 is 0. The molecule has 1 N–H and O–H groups in total. The van der Waals surface area contributed by atoms with Crippen LogP contribution in [0.1, 0.15) is 46.5 Å². The van der Waals surface area contributed by atoms with E-state index in [1.54, 1.807) is 0 Å². The molecule has 0 aliphatic heterocycles. The van der Waals surface area contributed by atoms with Gasteiger partial charge in [0.25, 0.3) is 0 Å². The van der Waals surface area contributed by atoms with Crippen LogP contribution < -0.4 is 0 Å². The molecule has 1 aliphatic carbocycles. The Bertz CT molecular complexity index is 191. The van der Waals surface area contributed by atoms with Gasteiger partial charge in [-0.2, -0.15) is 0 Å². The lowest BCUT2D eigenvalue weighted by atomic mass is 10.0. The van der Waals surface area contributed by atoms with Crippen LogP contribution in [0.25, 0.3) is 0 Å². The molecule has 1 unspecified atom stereocenters. The van der Waals surface area contributed by atoms with Crippen molar-refractivity contribution < 1.29 is 4.80 Å². The van der Waals surface area contributed by atoms with E-state index in [1.807, 2.05) is 0 Å². The highest BCUT2D eigenvalue weighted by Gasteiger charge is 2.25. The van der Waals surface area contributed by atoms with Crippen molar-refractivity contribution in [1.29, 1.82) is 0 Å². The Balaban J connectivity index is 2.43. The van der Waals surface area contributed by atoms with Crippen LogP contribution in [0.3, 0.4) is 0 Å². The van der Waals surface area contributed by atoms with Crippen LogP contribution >= 0.6 is 0 Å². The Morgan fingerprint density at radius 1 is 1.38 bits per heavy atom. The van der Waals surface area contributed by atoms with Gasteiger partial charge in [0.15, 0.2) is 9.04 Å². The second-order valence-electron chi connectivity index (χ2n) is 5.19. The van der Waals surface area contributed by atoms with Crippen LogP contribution in [0.2, 0.25) is 11.1 Å². The summed E-state index contributed by atoms with van der Waals surface area (Å²) in [4.78, 5) is 10.0. The van der Waals surface area contributed by atoms with E-state index in [2.05, 4.69) is 26.8 Å². The van der Waals surface area contributed by atoms with Crippen molar-refractivity contribution in [1.82, 2.24) is 0 Å². The summed E-state index contributed by atoms with van der Waals surface area (Å²) in [6.45, 7) is 6.48. The fourth-order valence-electron chi connectivity index (χ4n) is 1.64. The van der Waals surface area contributed by atoms with E-state index in [-0.39, 0.29) is 5.04 Å². The van der Waals surface area contributed by atoms with E-state index in [9.17, 15) is 4.80 Å². The van der Waals surface area contributed by atoms with Gasteiger partial charge >= 0.3 is 0 Å². The lowest BCUT2D eigenvalue weighted by Crippen LogP contribution is -2.25. The molecule has 0 aromatic carbocycles. The lowest BCUT2D eigenvalue weighted by molar-refractivity contribution is 0.508.